The van der Waals surface area contributed by atoms with Gasteiger partial charge < -0.3 is 19.9 Å². The Morgan fingerprint density at radius 2 is 1.51 bits per heavy atom. The minimum atomic E-state index is -0.871. The molecule has 0 bridgehead atoms. The summed E-state index contributed by atoms with van der Waals surface area (Å²) in [6.07, 6.45) is -1.74. The average Bonchev–Trinajstić information content (AvgIpc) is 2.74. The molecular weight excluding hydrogens is 446 g/mol. The molecule has 3 rings (SSSR count). The highest BCUT2D eigenvalue weighted by Crippen LogP contribution is 2.40. The fourth-order valence-electron chi connectivity index (χ4n) is 3.41. The van der Waals surface area contributed by atoms with Crippen molar-refractivity contribution in [3.05, 3.63) is 66.2 Å². The number of nitrogens with zero attached hydrogens (tertiary/aromatic N) is 1. The molecule has 0 saturated carbocycles. The van der Waals surface area contributed by atoms with Crippen LogP contribution in [0.5, 0.6) is 5.75 Å². The zero-order chi connectivity index (χ0) is 25.8. The van der Waals surface area contributed by atoms with Crippen molar-refractivity contribution in [1.82, 2.24) is 5.43 Å². The molecule has 0 saturated heterocycles. The molecule has 0 aliphatic carbocycles. The molecule has 2 amide bonds. The summed E-state index contributed by atoms with van der Waals surface area (Å²) in [5.74, 6) is -0.214. The van der Waals surface area contributed by atoms with Crippen LogP contribution in [0.4, 0.5) is 21.0 Å². The molecule has 0 aromatic heterocycles. The van der Waals surface area contributed by atoms with Gasteiger partial charge in [0.1, 0.15) is 22.6 Å². The second kappa shape index (κ2) is 10.1. The first kappa shape index (κ1) is 25.7. The predicted molar refractivity (Wildman–Crippen MR) is 137 cm³/mol. The zero-order valence-corrected chi connectivity index (χ0v) is 21.0. The van der Waals surface area contributed by atoms with Gasteiger partial charge in [-0.15, -0.1) is 0 Å². The third-order valence-electron chi connectivity index (χ3n) is 4.72. The number of benzene rings is 3. The third-order valence-corrected chi connectivity index (χ3v) is 4.72. The number of ether oxygens (including phenoxy) is 2. The number of amides is 2. The summed E-state index contributed by atoms with van der Waals surface area (Å²) < 4.78 is 10.9. The molecule has 3 N–H and O–H groups in total. The fourth-order valence-corrected chi connectivity index (χ4v) is 3.41. The van der Waals surface area contributed by atoms with Crippen LogP contribution in [0.15, 0.2) is 60.7 Å². The third kappa shape index (κ3) is 7.02. The molecule has 0 aliphatic rings. The van der Waals surface area contributed by atoms with E-state index < -0.39 is 23.4 Å². The Labute approximate surface area is 205 Å². The van der Waals surface area contributed by atoms with Crippen molar-refractivity contribution in [1.29, 1.82) is 0 Å². The molecule has 0 heterocycles. The molecule has 186 valence electrons. The van der Waals surface area contributed by atoms with Gasteiger partial charge in [0.15, 0.2) is 0 Å². The van der Waals surface area contributed by atoms with Gasteiger partial charge in [0.05, 0.1) is 0 Å². The number of anilines is 2. The molecule has 3 aromatic rings. The SMILES string of the molecule is CC(C)(C)OC(=O)NN(C(=O)OC(C)(C)C)c1c(O)ccc2cccc(NCc3ccccc3)c12. The van der Waals surface area contributed by atoms with Crippen LogP contribution in [-0.4, -0.2) is 28.5 Å². The smallest absolute Gasteiger partial charge is 0.434 e. The lowest BCUT2D eigenvalue weighted by Crippen LogP contribution is -2.50. The van der Waals surface area contributed by atoms with Crippen molar-refractivity contribution in [3.63, 3.8) is 0 Å². The minimum absolute atomic E-state index is 0.0683. The number of nitrogens with one attached hydrogen (secondary N) is 2. The molecule has 0 fully saturated rings. The van der Waals surface area contributed by atoms with Gasteiger partial charge in [-0.25, -0.2) is 15.0 Å². The molecule has 0 spiro atoms. The second-order valence-electron chi connectivity index (χ2n) is 10.1. The van der Waals surface area contributed by atoms with Crippen molar-refractivity contribution in [2.45, 2.75) is 59.3 Å². The van der Waals surface area contributed by atoms with Gasteiger partial charge in [-0.1, -0.05) is 48.5 Å². The van der Waals surface area contributed by atoms with Crippen molar-refractivity contribution in [3.8, 4) is 5.75 Å². The van der Waals surface area contributed by atoms with Crippen molar-refractivity contribution < 1.29 is 24.2 Å². The summed E-state index contributed by atoms with van der Waals surface area (Å²) in [6.45, 7) is 10.8. The van der Waals surface area contributed by atoms with E-state index in [1.165, 1.54) is 6.07 Å². The Morgan fingerprint density at radius 3 is 2.14 bits per heavy atom. The maximum atomic E-state index is 13.2. The van der Waals surface area contributed by atoms with Crippen LogP contribution in [0.2, 0.25) is 0 Å². The first-order valence-electron chi connectivity index (χ1n) is 11.4. The largest absolute Gasteiger partial charge is 0.506 e. The Morgan fingerprint density at radius 1 is 0.857 bits per heavy atom. The topological polar surface area (TPSA) is 100 Å². The monoisotopic (exact) mass is 479 g/mol. The van der Waals surface area contributed by atoms with Gasteiger partial charge in [0, 0.05) is 17.6 Å². The number of hydrogen-bond donors (Lipinski definition) is 3. The van der Waals surface area contributed by atoms with E-state index in [0.717, 1.165) is 16.0 Å². The van der Waals surface area contributed by atoms with E-state index in [4.69, 9.17) is 9.47 Å². The summed E-state index contributed by atoms with van der Waals surface area (Å²) >= 11 is 0. The van der Waals surface area contributed by atoms with Gasteiger partial charge in [0.2, 0.25) is 0 Å². The highest BCUT2D eigenvalue weighted by atomic mass is 16.6. The molecule has 8 nitrogen and oxygen atoms in total. The van der Waals surface area contributed by atoms with E-state index in [0.29, 0.717) is 17.6 Å². The molecule has 35 heavy (non-hydrogen) atoms. The van der Waals surface area contributed by atoms with Gasteiger partial charge in [-0.2, -0.15) is 5.01 Å². The molecule has 0 atom stereocenters. The maximum Gasteiger partial charge on any atom is 0.434 e. The van der Waals surface area contributed by atoms with Crippen LogP contribution < -0.4 is 15.8 Å². The summed E-state index contributed by atoms with van der Waals surface area (Å²) in [5, 5.41) is 16.5. The molecule has 8 heteroatoms. The lowest BCUT2D eigenvalue weighted by atomic mass is 10.0. The van der Waals surface area contributed by atoms with Crippen molar-refractivity contribution >= 4 is 34.3 Å². The number of hydrazine groups is 1. The van der Waals surface area contributed by atoms with Gasteiger partial charge in [-0.3, -0.25) is 0 Å². The molecule has 0 radical (unpaired) electrons. The van der Waals surface area contributed by atoms with Crippen LogP contribution in [0.1, 0.15) is 47.1 Å². The number of phenols is 1. The van der Waals surface area contributed by atoms with Crippen molar-refractivity contribution in [2.75, 3.05) is 10.3 Å². The molecule has 0 aliphatic heterocycles. The van der Waals surface area contributed by atoms with E-state index in [9.17, 15) is 14.7 Å². The minimum Gasteiger partial charge on any atom is -0.506 e. The lowest BCUT2D eigenvalue weighted by molar-refractivity contribution is 0.0425. The summed E-state index contributed by atoms with van der Waals surface area (Å²) in [5.41, 5.74) is 2.60. The van der Waals surface area contributed by atoms with Crippen LogP contribution >= 0.6 is 0 Å². The van der Waals surface area contributed by atoms with E-state index in [2.05, 4.69) is 10.7 Å². The highest BCUT2D eigenvalue weighted by Gasteiger charge is 2.31. The highest BCUT2D eigenvalue weighted by molar-refractivity contribution is 6.10. The van der Waals surface area contributed by atoms with Gasteiger partial charge >= 0.3 is 12.2 Å². The molecular formula is C27H33N3O5. The standard InChI is InChI=1S/C27H33N3O5/c1-26(2,3)34-24(32)29-30(25(33)35-27(4,5)6)23-21(31)16-15-19-13-10-14-20(22(19)23)28-17-18-11-8-7-9-12-18/h7-16,28,31H,17H2,1-6H3,(H,29,32). The first-order valence-corrected chi connectivity index (χ1v) is 11.4. The van der Waals surface area contributed by atoms with Crippen LogP contribution in [-0.2, 0) is 16.0 Å². The predicted octanol–water partition coefficient (Wildman–Crippen LogP) is 6.34. The summed E-state index contributed by atoms with van der Waals surface area (Å²) in [7, 11) is 0. The quantitative estimate of drug-likeness (QED) is 0.378. The number of carbonyl (C=O) groups excluding carboxylic acids is 2. The van der Waals surface area contributed by atoms with Gasteiger partial charge in [-0.05, 0) is 64.6 Å². The van der Waals surface area contributed by atoms with Gasteiger partial charge in [0.25, 0.3) is 0 Å². The van der Waals surface area contributed by atoms with E-state index in [1.807, 2.05) is 48.5 Å². The Balaban J connectivity index is 2.10. The van der Waals surface area contributed by atoms with Crippen molar-refractivity contribution in [2.24, 2.45) is 0 Å². The average molecular weight is 480 g/mol. The number of fused-ring (bicyclic) bond motifs is 1. The number of phenolic OH excluding ortho intramolecular Hbond substituents is 1. The Bertz CT molecular complexity index is 1200. The number of carbonyl (C=O) groups is 2. The summed E-state index contributed by atoms with van der Waals surface area (Å²) in [6, 6.07) is 18.6. The number of aromatic hydroxyl groups is 1. The molecule has 0 unspecified atom stereocenters. The zero-order valence-electron chi connectivity index (χ0n) is 21.0. The van der Waals surface area contributed by atoms with E-state index in [1.54, 1.807) is 47.6 Å². The van der Waals surface area contributed by atoms with Crippen LogP contribution in [0.3, 0.4) is 0 Å². The molecule has 3 aromatic carbocycles. The Kier molecular flexibility index (Phi) is 7.43. The first-order chi connectivity index (χ1) is 16.3. The lowest BCUT2D eigenvalue weighted by Gasteiger charge is -2.30. The van der Waals surface area contributed by atoms with Crippen LogP contribution in [0, 0.1) is 0 Å². The number of rotatable bonds is 4. The maximum absolute atomic E-state index is 13.2. The normalized spacial score (nSPS) is 11.6. The second-order valence-corrected chi connectivity index (χ2v) is 10.1. The fraction of sp³-hybridized carbons (Fsp3) is 0.333. The summed E-state index contributed by atoms with van der Waals surface area (Å²) in [4.78, 5) is 25.9. The van der Waals surface area contributed by atoms with E-state index in [-0.39, 0.29) is 11.4 Å². The van der Waals surface area contributed by atoms with E-state index >= 15 is 0 Å². The number of hydrogen-bond acceptors (Lipinski definition) is 6. The Hall–Kier alpha value is -3.94. The van der Waals surface area contributed by atoms with Crippen LogP contribution in [0.25, 0.3) is 10.8 Å².